The predicted molar refractivity (Wildman–Crippen MR) is 95.9 cm³/mol. The van der Waals surface area contributed by atoms with Crippen molar-refractivity contribution in [3.05, 3.63) is 65.7 Å². The number of aliphatic hydroxyl groups is 1. The zero-order valence-electron chi connectivity index (χ0n) is 13.6. The summed E-state index contributed by atoms with van der Waals surface area (Å²) < 4.78 is 25.4. The number of amides is 1. The Bertz CT molecular complexity index is 852. The fraction of sp³-hybridized carbons (Fsp3) is 0.278. The Balaban J connectivity index is 1.80. The van der Waals surface area contributed by atoms with E-state index >= 15 is 0 Å². The van der Waals surface area contributed by atoms with Gasteiger partial charge >= 0.3 is 0 Å². The Morgan fingerprint density at radius 1 is 1.16 bits per heavy atom. The molecule has 0 bridgehead atoms. The van der Waals surface area contributed by atoms with Crippen molar-refractivity contribution in [2.45, 2.75) is 12.5 Å². The summed E-state index contributed by atoms with van der Waals surface area (Å²) >= 11 is 0. The van der Waals surface area contributed by atoms with Gasteiger partial charge in [0.25, 0.3) is 5.91 Å². The lowest BCUT2D eigenvalue weighted by Crippen LogP contribution is -2.31. The molecule has 7 heteroatoms. The molecule has 25 heavy (non-hydrogen) atoms. The van der Waals surface area contributed by atoms with Gasteiger partial charge in [0.15, 0.2) is 0 Å². The van der Waals surface area contributed by atoms with Crippen LogP contribution in [-0.4, -0.2) is 38.3 Å². The van der Waals surface area contributed by atoms with Crippen LogP contribution < -0.4 is 9.62 Å². The average Bonchev–Trinajstić information content (AvgIpc) is 2.99. The van der Waals surface area contributed by atoms with E-state index in [-0.39, 0.29) is 18.3 Å². The zero-order valence-corrected chi connectivity index (χ0v) is 14.4. The molecule has 0 aliphatic carbocycles. The van der Waals surface area contributed by atoms with Crippen LogP contribution in [0.2, 0.25) is 0 Å². The van der Waals surface area contributed by atoms with Crippen LogP contribution in [0.5, 0.6) is 0 Å². The van der Waals surface area contributed by atoms with Crippen molar-refractivity contribution in [1.82, 2.24) is 5.32 Å². The van der Waals surface area contributed by atoms with Gasteiger partial charge in [0.2, 0.25) is 10.0 Å². The van der Waals surface area contributed by atoms with E-state index in [4.69, 9.17) is 0 Å². The molecular weight excluding hydrogens is 340 g/mol. The number of rotatable bonds is 5. The van der Waals surface area contributed by atoms with Gasteiger partial charge < -0.3 is 10.4 Å². The molecule has 1 saturated heterocycles. The fourth-order valence-corrected chi connectivity index (χ4v) is 4.45. The maximum Gasteiger partial charge on any atom is 0.251 e. The van der Waals surface area contributed by atoms with Crippen LogP contribution in [0.3, 0.4) is 0 Å². The molecular formula is C18H20N2O4S. The lowest BCUT2D eigenvalue weighted by Gasteiger charge is -2.19. The minimum Gasteiger partial charge on any atom is -0.394 e. The SMILES string of the molecule is O=C(NC(CO)c1ccccc1)c1cccc(N2CCCS2(=O)=O)c1. The molecule has 3 rings (SSSR count). The van der Waals surface area contributed by atoms with Gasteiger partial charge in [-0.1, -0.05) is 36.4 Å². The minimum absolute atomic E-state index is 0.129. The highest BCUT2D eigenvalue weighted by atomic mass is 32.2. The summed E-state index contributed by atoms with van der Waals surface area (Å²) in [5.74, 6) is -0.231. The first kappa shape index (κ1) is 17.4. The number of hydrogen-bond acceptors (Lipinski definition) is 4. The fourth-order valence-electron chi connectivity index (χ4n) is 2.89. The van der Waals surface area contributed by atoms with E-state index in [2.05, 4.69) is 5.32 Å². The number of sulfonamides is 1. The third-order valence-corrected chi connectivity index (χ3v) is 6.05. The van der Waals surface area contributed by atoms with E-state index in [1.807, 2.05) is 30.3 Å². The molecule has 1 aliphatic rings. The monoisotopic (exact) mass is 360 g/mol. The standard InChI is InChI=1S/C18H20N2O4S/c21-13-17(14-6-2-1-3-7-14)19-18(22)15-8-4-9-16(12-15)20-10-5-11-25(20,23)24/h1-4,6-9,12,17,21H,5,10-11,13H2,(H,19,22). The smallest absolute Gasteiger partial charge is 0.251 e. The van der Waals surface area contributed by atoms with Gasteiger partial charge in [0.1, 0.15) is 0 Å². The van der Waals surface area contributed by atoms with Crippen molar-refractivity contribution in [2.75, 3.05) is 23.2 Å². The Morgan fingerprint density at radius 2 is 1.92 bits per heavy atom. The Labute approximate surface area is 147 Å². The number of hydrogen-bond donors (Lipinski definition) is 2. The second kappa shape index (κ2) is 7.25. The molecule has 1 atom stereocenters. The minimum atomic E-state index is -3.29. The number of benzene rings is 2. The Morgan fingerprint density at radius 3 is 2.56 bits per heavy atom. The number of anilines is 1. The van der Waals surface area contributed by atoms with Crippen LogP contribution >= 0.6 is 0 Å². The summed E-state index contributed by atoms with van der Waals surface area (Å²) in [6.07, 6.45) is 0.583. The average molecular weight is 360 g/mol. The maximum atomic E-state index is 12.5. The van der Waals surface area contributed by atoms with Crippen LogP contribution in [0, 0.1) is 0 Å². The van der Waals surface area contributed by atoms with E-state index in [0.29, 0.717) is 24.2 Å². The Hall–Kier alpha value is -2.38. The summed E-state index contributed by atoms with van der Waals surface area (Å²) in [6.45, 7) is 0.201. The van der Waals surface area contributed by atoms with Gasteiger partial charge in [-0.2, -0.15) is 0 Å². The van der Waals surface area contributed by atoms with Crippen LogP contribution in [0.15, 0.2) is 54.6 Å². The van der Waals surface area contributed by atoms with Crippen molar-refractivity contribution in [3.8, 4) is 0 Å². The van der Waals surface area contributed by atoms with E-state index in [9.17, 15) is 18.3 Å². The van der Waals surface area contributed by atoms with E-state index in [1.54, 1.807) is 24.3 Å². The largest absolute Gasteiger partial charge is 0.394 e. The molecule has 132 valence electrons. The molecule has 1 fully saturated rings. The van der Waals surface area contributed by atoms with Gasteiger partial charge in [-0.3, -0.25) is 9.10 Å². The van der Waals surface area contributed by atoms with Crippen molar-refractivity contribution >= 4 is 21.6 Å². The van der Waals surface area contributed by atoms with Crippen LogP contribution in [0.4, 0.5) is 5.69 Å². The molecule has 6 nitrogen and oxygen atoms in total. The van der Waals surface area contributed by atoms with Crippen molar-refractivity contribution in [1.29, 1.82) is 0 Å². The molecule has 1 heterocycles. The molecule has 1 amide bonds. The van der Waals surface area contributed by atoms with Gasteiger partial charge in [0.05, 0.1) is 24.1 Å². The summed E-state index contributed by atoms with van der Waals surface area (Å²) in [6, 6.07) is 15.2. The first-order valence-electron chi connectivity index (χ1n) is 8.08. The molecule has 0 saturated carbocycles. The number of nitrogens with zero attached hydrogens (tertiary/aromatic N) is 1. The normalized spacial score (nSPS) is 17.2. The van der Waals surface area contributed by atoms with Gasteiger partial charge in [-0.15, -0.1) is 0 Å². The second-order valence-corrected chi connectivity index (χ2v) is 7.92. The third kappa shape index (κ3) is 3.83. The molecule has 0 aromatic heterocycles. The summed E-state index contributed by atoms with van der Waals surface area (Å²) in [5, 5.41) is 12.3. The number of carbonyl (C=O) groups excluding carboxylic acids is 1. The third-order valence-electron chi connectivity index (χ3n) is 4.19. The van der Waals surface area contributed by atoms with E-state index in [1.165, 1.54) is 4.31 Å². The van der Waals surface area contributed by atoms with E-state index in [0.717, 1.165) is 5.56 Å². The summed E-state index contributed by atoms with van der Waals surface area (Å²) in [7, 11) is -3.29. The molecule has 1 unspecified atom stereocenters. The van der Waals surface area contributed by atoms with Crippen molar-refractivity contribution in [2.24, 2.45) is 0 Å². The van der Waals surface area contributed by atoms with Crippen LogP contribution in [0.25, 0.3) is 0 Å². The molecule has 1 aliphatic heterocycles. The Kier molecular flexibility index (Phi) is 5.06. The quantitative estimate of drug-likeness (QED) is 0.849. The van der Waals surface area contributed by atoms with Crippen molar-refractivity contribution in [3.63, 3.8) is 0 Å². The highest BCUT2D eigenvalue weighted by Crippen LogP contribution is 2.25. The second-order valence-electron chi connectivity index (χ2n) is 5.91. The summed E-state index contributed by atoms with van der Waals surface area (Å²) in [5.41, 5.74) is 1.65. The van der Waals surface area contributed by atoms with Gasteiger partial charge in [-0.25, -0.2) is 8.42 Å². The lowest BCUT2D eigenvalue weighted by atomic mass is 10.1. The van der Waals surface area contributed by atoms with Crippen LogP contribution in [-0.2, 0) is 10.0 Å². The van der Waals surface area contributed by atoms with Crippen LogP contribution in [0.1, 0.15) is 28.4 Å². The number of carbonyl (C=O) groups is 1. The first-order chi connectivity index (χ1) is 12.0. The predicted octanol–water partition coefficient (Wildman–Crippen LogP) is 1.69. The highest BCUT2D eigenvalue weighted by molar-refractivity contribution is 7.93. The number of aliphatic hydroxyl groups excluding tert-OH is 1. The number of nitrogens with one attached hydrogen (secondary N) is 1. The molecule has 2 N–H and O–H groups in total. The van der Waals surface area contributed by atoms with Crippen molar-refractivity contribution < 1.29 is 18.3 Å². The molecule has 2 aromatic rings. The maximum absolute atomic E-state index is 12.5. The highest BCUT2D eigenvalue weighted by Gasteiger charge is 2.28. The van der Waals surface area contributed by atoms with Gasteiger partial charge in [0, 0.05) is 12.1 Å². The van der Waals surface area contributed by atoms with Gasteiger partial charge in [-0.05, 0) is 30.2 Å². The first-order valence-corrected chi connectivity index (χ1v) is 9.69. The van der Waals surface area contributed by atoms with E-state index < -0.39 is 16.1 Å². The molecule has 0 spiro atoms. The lowest BCUT2D eigenvalue weighted by molar-refractivity contribution is 0.0916. The molecule has 0 radical (unpaired) electrons. The topological polar surface area (TPSA) is 86.7 Å². The molecule has 2 aromatic carbocycles. The summed E-state index contributed by atoms with van der Waals surface area (Å²) in [4.78, 5) is 12.5. The zero-order chi connectivity index (χ0) is 17.9.